The Labute approximate surface area is 206 Å². The van der Waals surface area contributed by atoms with Crippen LogP contribution < -0.4 is 4.72 Å². The van der Waals surface area contributed by atoms with E-state index in [0.717, 1.165) is 12.8 Å². The van der Waals surface area contributed by atoms with Crippen molar-refractivity contribution in [1.29, 1.82) is 0 Å². The maximum absolute atomic E-state index is 13.0. The minimum absolute atomic E-state index is 0.116. The normalized spacial score (nSPS) is 13.9. The van der Waals surface area contributed by atoms with Crippen molar-refractivity contribution in [2.45, 2.75) is 24.2 Å². The van der Waals surface area contributed by atoms with Gasteiger partial charge in [0.25, 0.3) is 15.9 Å². The molecule has 0 radical (unpaired) electrons. The quantitative estimate of drug-likeness (QED) is 0.519. The number of rotatable bonds is 8. The molecule has 3 aromatic carbocycles. The molecule has 1 N–H and O–H groups in total. The second-order valence-corrected chi connectivity index (χ2v) is 10.2. The molecule has 1 fully saturated rings. The van der Waals surface area contributed by atoms with Crippen molar-refractivity contribution in [3.63, 3.8) is 0 Å². The van der Waals surface area contributed by atoms with Crippen molar-refractivity contribution < 1.29 is 18.0 Å². The lowest BCUT2D eigenvalue weighted by Crippen LogP contribution is -2.50. The Morgan fingerprint density at radius 3 is 2.09 bits per heavy atom. The molecule has 0 aromatic heterocycles. The van der Waals surface area contributed by atoms with Crippen molar-refractivity contribution >= 4 is 27.5 Å². The fourth-order valence-corrected chi connectivity index (χ4v) is 5.19. The first-order chi connectivity index (χ1) is 16.9. The fraction of sp³-hybridized carbons (Fsp3) is 0.259. The number of hydrogen-bond acceptors (Lipinski definition) is 4. The van der Waals surface area contributed by atoms with Gasteiger partial charge in [-0.1, -0.05) is 54.6 Å². The van der Waals surface area contributed by atoms with Gasteiger partial charge in [0.2, 0.25) is 5.91 Å². The molecule has 1 aliphatic heterocycles. The lowest BCUT2D eigenvalue weighted by atomic mass is 10.1. The number of hydrogen-bond donors (Lipinski definition) is 1. The minimum atomic E-state index is -3.74. The number of aryl methyl sites for hydroxylation is 1. The molecule has 0 aliphatic carbocycles. The lowest BCUT2D eigenvalue weighted by Gasteiger charge is -2.35. The van der Waals surface area contributed by atoms with Crippen LogP contribution in [0.2, 0.25) is 0 Å². The van der Waals surface area contributed by atoms with Gasteiger partial charge in [-0.3, -0.25) is 14.3 Å². The number of nitrogens with one attached hydrogen (secondary N) is 1. The molecule has 0 saturated carbocycles. The zero-order valence-electron chi connectivity index (χ0n) is 19.5. The van der Waals surface area contributed by atoms with E-state index >= 15 is 0 Å². The van der Waals surface area contributed by atoms with Gasteiger partial charge in [-0.05, 0) is 48.7 Å². The average molecular weight is 492 g/mol. The molecule has 0 bridgehead atoms. The highest BCUT2D eigenvalue weighted by Crippen LogP contribution is 2.19. The van der Waals surface area contributed by atoms with Crippen LogP contribution in [0.1, 0.15) is 28.8 Å². The molecule has 182 valence electrons. The van der Waals surface area contributed by atoms with Gasteiger partial charge in [0, 0.05) is 43.9 Å². The van der Waals surface area contributed by atoms with E-state index in [0.29, 0.717) is 43.9 Å². The minimum Gasteiger partial charge on any atom is -0.339 e. The zero-order chi connectivity index (χ0) is 24.7. The third-order valence-corrected chi connectivity index (χ3v) is 7.43. The van der Waals surface area contributed by atoms with Crippen LogP contribution in [0.4, 0.5) is 5.69 Å². The predicted octanol–water partition coefficient (Wildman–Crippen LogP) is 3.79. The Morgan fingerprint density at radius 2 is 1.40 bits per heavy atom. The molecular formula is C27H29N3O4S. The summed E-state index contributed by atoms with van der Waals surface area (Å²) >= 11 is 0. The molecule has 0 unspecified atom stereocenters. The summed E-state index contributed by atoms with van der Waals surface area (Å²) in [6.07, 6.45) is 2.16. The van der Waals surface area contributed by atoms with Gasteiger partial charge in [0.1, 0.15) is 0 Å². The fourth-order valence-electron chi connectivity index (χ4n) is 4.12. The summed E-state index contributed by atoms with van der Waals surface area (Å²) in [5.74, 6) is -0.0627. The molecule has 4 rings (SSSR count). The zero-order valence-corrected chi connectivity index (χ0v) is 20.3. The SMILES string of the molecule is O=C(CCCc1ccccc1)N1CCN(C(=O)c2cccc(NS(=O)(=O)c3ccccc3)c2)CC1. The molecule has 0 atom stereocenters. The van der Waals surface area contributed by atoms with E-state index in [1.807, 2.05) is 23.1 Å². The van der Waals surface area contributed by atoms with Gasteiger partial charge in [0.15, 0.2) is 0 Å². The van der Waals surface area contributed by atoms with Crippen LogP contribution in [0.5, 0.6) is 0 Å². The number of amides is 2. The highest BCUT2D eigenvalue weighted by atomic mass is 32.2. The Balaban J connectivity index is 1.29. The maximum Gasteiger partial charge on any atom is 0.261 e. The smallest absolute Gasteiger partial charge is 0.261 e. The molecule has 0 spiro atoms. The van der Waals surface area contributed by atoms with Crippen molar-refractivity contribution in [2.24, 2.45) is 0 Å². The van der Waals surface area contributed by atoms with Crippen molar-refractivity contribution in [3.8, 4) is 0 Å². The van der Waals surface area contributed by atoms with Crippen LogP contribution in [0, 0.1) is 0 Å². The third-order valence-electron chi connectivity index (χ3n) is 6.03. The molecule has 35 heavy (non-hydrogen) atoms. The van der Waals surface area contributed by atoms with E-state index in [4.69, 9.17) is 0 Å². The second-order valence-electron chi connectivity index (χ2n) is 8.51. The summed E-state index contributed by atoms with van der Waals surface area (Å²) in [6, 6.07) is 24.7. The van der Waals surface area contributed by atoms with Crippen LogP contribution in [0.3, 0.4) is 0 Å². The van der Waals surface area contributed by atoms with E-state index in [-0.39, 0.29) is 16.7 Å². The predicted molar refractivity (Wildman–Crippen MR) is 136 cm³/mol. The number of carbonyl (C=O) groups excluding carboxylic acids is 2. The number of piperazine rings is 1. The highest BCUT2D eigenvalue weighted by Gasteiger charge is 2.25. The summed E-state index contributed by atoms with van der Waals surface area (Å²) < 4.78 is 27.7. The van der Waals surface area contributed by atoms with Crippen molar-refractivity contribution in [3.05, 3.63) is 96.1 Å². The molecule has 1 aliphatic rings. The lowest BCUT2D eigenvalue weighted by molar-refractivity contribution is -0.132. The summed E-state index contributed by atoms with van der Waals surface area (Å²) in [5, 5.41) is 0. The molecule has 7 nitrogen and oxygen atoms in total. The summed E-state index contributed by atoms with van der Waals surface area (Å²) in [5.41, 5.74) is 1.96. The number of carbonyl (C=O) groups is 2. The largest absolute Gasteiger partial charge is 0.339 e. The van der Waals surface area contributed by atoms with Gasteiger partial charge in [-0.2, -0.15) is 0 Å². The van der Waals surface area contributed by atoms with E-state index in [9.17, 15) is 18.0 Å². The molecule has 2 amide bonds. The van der Waals surface area contributed by atoms with Gasteiger partial charge in [-0.25, -0.2) is 8.42 Å². The number of sulfonamides is 1. The van der Waals surface area contributed by atoms with Gasteiger partial charge in [-0.15, -0.1) is 0 Å². The Hall–Kier alpha value is -3.65. The van der Waals surface area contributed by atoms with Crippen LogP contribution in [-0.4, -0.2) is 56.2 Å². The molecule has 3 aromatic rings. The van der Waals surface area contributed by atoms with E-state index in [2.05, 4.69) is 16.9 Å². The van der Waals surface area contributed by atoms with Crippen LogP contribution in [0.25, 0.3) is 0 Å². The first kappa shape index (κ1) is 24.5. The Bertz CT molecular complexity index is 1260. The number of anilines is 1. The molecule has 1 saturated heterocycles. The van der Waals surface area contributed by atoms with Crippen molar-refractivity contribution in [2.75, 3.05) is 30.9 Å². The maximum atomic E-state index is 13.0. The number of nitrogens with zero attached hydrogens (tertiary/aromatic N) is 2. The summed E-state index contributed by atoms with van der Waals surface area (Å²) in [4.78, 5) is 29.3. The first-order valence-electron chi connectivity index (χ1n) is 11.7. The first-order valence-corrected chi connectivity index (χ1v) is 13.2. The molecule has 8 heteroatoms. The second kappa shape index (κ2) is 11.2. The topological polar surface area (TPSA) is 86.8 Å². The molecule has 1 heterocycles. The number of benzene rings is 3. The van der Waals surface area contributed by atoms with Crippen molar-refractivity contribution in [1.82, 2.24) is 9.80 Å². The summed E-state index contributed by atoms with van der Waals surface area (Å²) in [7, 11) is -3.74. The molecular weight excluding hydrogens is 462 g/mol. The highest BCUT2D eigenvalue weighted by molar-refractivity contribution is 7.92. The average Bonchev–Trinajstić information content (AvgIpc) is 2.89. The van der Waals surface area contributed by atoms with E-state index in [1.165, 1.54) is 17.7 Å². The summed E-state index contributed by atoms with van der Waals surface area (Å²) in [6.45, 7) is 1.89. The van der Waals surface area contributed by atoms with Gasteiger partial charge < -0.3 is 9.80 Å². The van der Waals surface area contributed by atoms with Gasteiger partial charge in [0.05, 0.1) is 4.90 Å². The third kappa shape index (κ3) is 6.48. The van der Waals surface area contributed by atoms with E-state index < -0.39 is 10.0 Å². The van der Waals surface area contributed by atoms with Crippen LogP contribution in [0.15, 0.2) is 89.8 Å². The van der Waals surface area contributed by atoms with Gasteiger partial charge >= 0.3 is 0 Å². The standard InChI is InChI=1S/C27H29N3O4S/c31-26(16-7-11-22-9-3-1-4-10-22)29-17-19-30(20-18-29)27(32)23-12-8-13-24(21-23)28-35(33,34)25-14-5-2-6-15-25/h1-6,8-10,12-15,21,28H,7,11,16-20H2. The van der Waals surface area contributed by atoms with E-state index in [1.54, 1.807) is 47.4 Å². The van der Waals surface area contributed by atoms with Crippen LogP contribution >= 0.6 is 0 Å². The Kier molecular flexibility index (Phi) is 7.82. The Morgan fingerprint density at radius 1 is 0.771 bits per heavy atom. The monoisotopic (exact) mass is 491 g/mol. The van der Waals surface area contributed by atoms with Crippen LogP contribution in [-0.2, 0) is 21.2 Å².